The largest absolute Gasteiger partial charge is 0.495 e. The summed E-state index contributed by atoms with van der Waals surface area (Å²) in [4.78, 5) is 0. The third-order valence-electron chi connectivity index (χ3n) is 3.26. The fourth-order valence-electron chi connectivity index (χ4n) is 2.02. The Morgan fingerprint density at radius 3 is 2.76 bits per heavy atom. The van der Waals surface area contributed by atoms with Crippen molar-refractivity contribution in [2.45, 2.75) is 17.6 Å². The average Bonchev–Trinajstić information content (AvgIpc) is 3.24. The molecule has 0 aliphatic rings. The molecule has 0 amide bonds. The van der Waals surface area contributed by atoms with Gasteiger partial charge >= 0.3 is 0 Å². The van der Waals surface area contributed by atoms with Crippen LogP contribution in [0.1, 0.15) is 12.8 Å². The summed E-state index contributed by atoms with van der Waals surface area (Å²) >= 11 is 7.08. The van der Waals surface area contributed by atoms with Gasteiger partial charge in [-0.05, 0) is 24.3 Å². The van der Waals surface area contributed by atoms with E-state index in [0.717, 1.165) is 11.3 Å². The molecule has 0 fully saturated rings. The van der Waals surface area contributed by atoms with E-state index in [1.165, 1.54) is 19.2 Å². The Hall–Kier alpha value is -2.10. The van der Waals surface area contributed by atoms with Gasteiger partial charge in [0.25, 0.3) is 10.0 Å². The van der Waals surface area contributed by atoms with Crippen LogP contribution in [-0.4, -0.2) is 25.7 Å². The number of methoxy groups -OCH3 is 1. The number of aryl methyl sites for hydroxylation is 1. The molecule has 132 valence electrons. The van der Waals surface area contributed by atoms with Gasteiger partial charge in [-0.3, -0.25) is 4.72 Å². The molecule has 0 spiro atoms. The number of hydrogen-bond acceptors (Lipinski definition) is 7. The van der Waals surface area contributed by atoms with E-state index in [1.807, 2.05) is 6.92 Å². The minimum atomic E-state index is -3.76. The van der Waals surface area contributed by atoms with Crippen molar-refractivity contribution in [2.75, 3.05) is 11.8 Å². The highest BCUT2D eigenvalue weighted by atomic mass is 35.5. The van der Waals surface area contributed by atoms with E-state index in [9.17, 15) is 8.42 Å². The molecule has 0 unspecified atom stereocenters. The summed E-state index contributed by atoms with van der Waals surface area (Å²) in [6.07, 6.45) is 0.613. The van der Waals surface area contributed by atoms with Crippen molar-refractivity contribution in [1.29, 1.82) is 0 Å². The second-order valence-corrected chi connectivity index (χ2v) is 8.19. The number of nitrogens with zero attached hydrogens (tertiary/aromatic N) is 2. The van der Waals surface area contributed by atoms with Crippen LogP contribution in [0.25, 0.3) is 11.5 Å². The third kappa shape index (κ3) is 3.78. The van der Waals surface area contributed by atoms with Gasteiger partial charge in [-0.25, -0.2) is 8.42 Å². The van der Waals surface area contributed by atoms with Crippen LogP contribution in [0.4, 0.5) is 5.69 Å². The molecule has 0 aliphatic heterocycles. The lowest BCUT2D eigenvalue weighted by Crippen LogP contribution is -2.11. The van der Waals surface area contributed by atoms with Crippen LogP contribution in [-0.2, 0) is 16.4 Å². The lowest BCUT2D eigenvalue weighted by molar-refractivity contribution is 0.415. The number of nitrogens with one attached hydrogen (secondary N) is 1. The molecule has 2 heterocycles. The highest BCUT2D eigenvalue weighted by Crippen LogP contribution is 2.31. The standard InChI is InChI=1S/C15H14ClN3O4S2/c1-3-13-17-18-15(23-13)9-6-14(24-8-9)25(20,21)19-10-4-5-12(22-2)11(16)7-10/h4-8,19H,3H2,1-2H3. The molecule has 7 nitrogen and oxygen atoms in total. The fourth-order valence-corrected chi connectivity index (χ4v) is 4.48. The molecule has 0 bridgehead atoms. The van der Waals surface area contributed by atoms with Gasteiger partial charge in [0.05, 0.1) is 23.4 Å². The number of benzene rings is 1. The van der Waals surface area contributed by atoms with Crippen LogP contribution in [0.15, 0.2) is 38.3 Å². The number of ether oxygens (including phenoxy) is 1. The number of sulfonamides is 1. The van der Waals surface area contributed by atoms with Crippen LogP contribution >= 0.6 is 22.9 Å². The Bertz CT molecular complexity index is 998. The first kappa shape index (κ1) is 17.7. The van der Waals surface area contributed by atoms with E-state index in [0.29, 0.717) is 40.2 Å². The van der Waals surface area contributed by atoms with Gasteiger partial charge in [-0.15, -0.1) is 21.5 Å². The topological polar surface area (TPSA) is 94.3 Å². The second kappa shape index (κ2) is 7.03. The van der Waals surface area contributed by atoms with Crippen molar-refractivity contribution in [3.8, 4) is 17.2 Å². The lowest BCUT2D eigenvalue weighted by Gasteiger charge is -2.08. The van der Waals surface area contributed by atoms with Gasteiger partial charge < -0.3 is 9.15 Å². The van der Waals surface area contributed by atoms with E-state index >= 15 is 0 Å². The predicted molar refractivity (Wildman–Crippen MR) is 95.8 cm³/mol. The Morgan fingerprint density at radius 1 is 1.32 bits per heavy atom. The van der Waals surface area contributed by atoms with Crippen molar-refractivity contribution in [1.82, 2.24) is 10.2 Å². The number of rotatable bonds is 6. The normalized spacial score (nSPS) is 11.5. The van der Waals surface area contributed by atoms with Gasteiger partial charge in [0.15, 0.2) is 0 Å². The smallest absolute Gasteiger partial charge is 0.271 e. The van der Waals surface area contributed by atoms with Gasteiger partial charge in [0.1, 0.15) is 9.96 Å². The van der Waals surface area contributed by atoms with Crippen molar-refractivity contribution < 1.29 is 17.6 Å². The zero-order valence-corrected chi connectivity index (χ0v) is 15.7. The summed E-state index contributed by atoms with van der Waals surface area (Å²) in [5.41, 5.74) is 0.900. The molecule has 3 aromatic rings. The maximum atomic E-state index is 12.5. The van der Waals surface area contributed by atoms with Gasteiger partial charge in [0.2, 0.25) is 11.8 Å². The summed E-state index contributed by atoms with van der Waals surface area (Å²) in [5.74, 6) is 1.25. The maximum absolute atomic E-state index is 12.5. The Kier molecular flexibility index (Phi) is 4.98. The number of thiophene rings is 1. The fraction of sp³-hybridized carbons (Fsp3) is 0.200. The van der Waals surface area contributed by atoms with E-state index in [2.05, 4.69) is 14.9 Å². The molecule has 0 atom stereocenters. The summed E-state index contributed by atoms with van der Waals surface area (Å²) in [6.45, 7) is 1.89. The minimum absolute atomic E-state index is 0.130. The molecule has 25 heavy (non-hydrogen) atoms. The van der Waals surface area contributed by atoms with Crippen LogP contribution in [0.3, 0.4) is 0 Å². The van der Waals surface area contributed by atoms with E-state index in [1.54, 1.807) is 17.5 Å². The van der Waals surface area contributed by atoms with Crippen molar-refractivity contribution in [2.24, 2.45) is 0 Å². The molecule has 10 heteroatoms. The van der Waals surface area contributed by atoms with Crippen LogP contribution < -0.4 is 9.46 Å². The van der Waals surface area contributed by atoms with Gasteiger partial charge in [0, 0.05) is 11.8 Å². The highest BCUT2D eigenvalue weighted by Gasteiger charge is 2.20. The van der Waals surface area contributed by atoms with Crippen molar-refractivity contribution in [3.05, 3.63) is 40.6 Å². The zero-order chi connectivity index (χ0) is 18.0. The number of hydrogen-bond donors (Lipinski definition) is 1. The van der Waals surface area contributed by atoms with Crippen molar-refractivity contribution >= 4 is 38.6 Å². The molecule has 1 aromatic carbocycles. The van der Waals surface area contributed by atoms with Gasteiger partial charge in [-0.1, -0.05) is 18.5 Å². The quantitative estimate of drug-likeness (QED) is 0.677. The summed E-state index contributed by atoms with van der Waals surface area (Å²) in [6, 6.07) is 6.14. The molecule has 3 rings (SSSR count). The average molecular weight is 400 g/mol. The molecule has 1 N–H and O–H groups in total. The summed E-state index contributed by atoms with van der Waals surface area (Å²) in [7, 11) is -2.27. The van der Waals surface area contributed by atoms with Crippen LogP contribution in [0.2, 0.25) is 5.02 Å². The molecular formula is C15H14ClN3O4S2. The van der Waals surface area contributed by atoms with Crippen molar-refractivity contribution in [3.63, 3.8) is 0 Å². The van der Waals surface area contributed by atoms with E-state index in [4.69, 9.17) is 20.8 Å². The number of aromatic nitrogens is 2. The number of halogens is 1. The van der Waals surface area contributed by atoms with E-state index < -0.39 is 10.0 Å². The summed E-state index contributed by atoms with van der Waals surface area (Å²) in [5, 5.41) is 9.75. The first-order valence-corrected chi connectivity index (χ1v) is 9.94. The third-order valence-corrected chi connectivity index (χ3v) is 6.38. The Balaban J connectivity index is 1.84. The molecular weight excluding hydrogens is 386 g/mol. The highest BCUT2D eigenvalue weighted by molar-refractivity contribution is 7.94. The Labute approximate surface area is 153 Å². The van der Waals surface area contributed by atoms with Gasteiger partial charge in [-0.2, -0.15) is 0 Å². The first-order valence-electron chi connectivity index (χ1n) is 7.20. The Morgan fingerprint density at radius 2 is 2.12 bits per heavy atom. The summed E-state index contributed by atoms with van der Waals surface area (Å²) < 4.78 is 38.2. The second-order valence-electron chi connectivity index (χ2n) is 4.96. The molecule has 0 radical (unpaired) electrons. The maximum Gasteiger partial charge on any atom is 0.271 e. The zero-order valence-electron chi connectivity index (χ0n) is 13.3. The molecule has 0 aliphatic carbocycles. The molecule has 2 aromatic heterocycles. The SMILES string of the molecule is CCc1nnc(-c2csc(S(=O)(=O)Nc3ccc(OC)c(Cl)c3)c2)o1. The van der Waals surface area contributed by atoms with E-state index in [-0.39, 0.29) is 4.21 Å². The first-order chi connectivity index (χ1) is 11.9. The monoisotopic (exact) mass is 399 g/mol. The van der Waals surface area contributed by atoms with Crippen LogP contribution in [0.5, 0.6) is 5.75 Å². The lowest BCUT2D eigenvalue weighted by atomic mass is 10.3. The predicted octanol–water partition coefficient (Wildman–Crippen LogP) is 3.82. The van der Waals surface area contributed by atoms with Crippen LogP contribution in [0, 0.1) is 0 Å². The number of anilines is 1. The minimum Gasteiger partial charge on any atom is -0.495 e. The molecule has 0 saturated carbocycles. The molecule has 0 saturated heterocycles.